The number of rotatable bonds is 2. The van der Waals surface area contributed by atoms with Gasteiger partial charge in [0, 0.05) is 18.8 Å². The zero-order chi connectivity index (χ0) is 11.4. The molecular formula is C13H11N3. The lowest BCUT2D eigenvalue weighted by molar-refractivity contribution is 0.618. The van der Waals surface area contributed by atoms with E-state index in [1.165, 1.54) is 6.42 Å². The molecule has 0 saturated carbocycles. The van der Waals surface area contributed by atoms with Gasteiger partial charge in [-0.25, -0.2) is 0 Å². The third-order valence-corrected chi connectivity index (χ3v) is 2.64. The zero-order valence-electron chi connectivity index (χ0n) is 8.85. The lowest BCUT2D eigenvalue weighted by Crippen LogP contribution is -2.36. The molecule has 0 bridgehead atoms. The molecule has 3 heteroatoms. The van der Waals surface area contributed by atoms with Crippen LogP contribution in [0.4, 0.5) is 5.69 Å². The highest BCUT2D eigenvalue weighted by Crippen LogP contribution is 2.22. The minimum Gasteiger partial charge on any atom is -0.371 e. The van der Waals surface area contributed by atoms with Crippen molar-refractivity contribution in [1.29, 1.82) is 10.5 Å². The van der Waals surface area contributed by atoms with Gasteiger partial charge in [-0.3, -0.25) is 0 Å². The van der Waals surface area contributed by atoms with Crippen LogP contribution in [-0.4, -0.2) is 13.1 Å². The molecular weight excluding hydrogens is 198 g/mol. The van der Waals surface area contributed by atoms with Crippen molar-refractivity contribution in [1.82, 2.24) is 0 Å². The molecule has 1 aromatic rings. The van der Waals surface area contributed by atoms with Gasteiger partial charge in [-0.05, 0) is 30.2 Å². The minimum atomic E-state index is 0.140. The lowest BCUT2D eigenvalue weighted by Gasteiger charge is -2.33. The van der Waals surface area contributed by atoms with Gasteiger partial charge in [0.1, 0.15) is 17.7 Å². The van der Waals surface area contributed by atoms with E-state index >= 15 is 0 Å². The number of hydrogen-bond donors (Lipinski definition) is 0. The van der Waals surface area contributed by atoms with E-state index in [1.807, 2.05) is 30.3 Å². The molecule has 0 N–H and O–H groups in total. The smallest absolute Gasteiger partial charge is 0.130 e. The van der Waals surface area contributed by atoms with Crippen LogP contribution in [0.3, 0.4) is 0 Å². The quantitative estimate of drug-likeness (QED) is 0.702. The number of anilines is 1. The van der Waals surface area contributed by atoms with Gasteiger partial charge in [-0.15, -0.1) is 0 Å². The van der Waals surface area contributed by atoms with Crippen molar-refractivity contribution < 1.29 is 0 Å². The first kappa shape index (κ1) is 10.3. The molecule has 1 heterocycles. The largest absolute Gasteiger partial charge is 0.371 e. The molecule has 16 heavy (non-hydrogen) atoms. The molecule has 3 nitrogen and oxygen atoms in total. The average Bonchev–Trinajstić information content (AvgIpc) is 2.24. The van der Waals surface area contributed by atoms with Crippen molar-refractivity contribution in [2.75, 3.05) is 18.0 Å². The molecule has 0 amide bonds. The summed E-state index contributed by atoms with van der Waals surface area (Å²) < 4.78 is 0. The first-order chi connectivity index (χ1) is 7.83. The van der Waals surface area contributed by atoms with Gasteiger partial charge >= 0.3 is 0 Å². The fourth-order valence-electron chi connectivity index (χ4n) is 1.64. The number of nitriles is 2. The van der Waals surface area contributed by atoms with E-state index in [-0.39, 0.29) is 5.57 Å². The summed E-state index contributed by atoms with van der Waals surface area (Å²) in [5.41, 5.74) is 2.21. The number of benzene rings is 1. The second-order valence-corrected chi connectivity index (χ2v) is 3.72. The Morgan fingerprint density at radius 3 is 2.56 bits per heavy atom. The van der Waals surface area contributed by atoms with Crippen LogP contribution in [0.1, 0.15) is 12.0 Å². The fourth-order valence-corrected chi connectivity index (χ4v) is 1.64. The molecule has 2 rings (SSSR count). The molecule has 1 aromatic carbocycles. The van der Waals surface area contributed by atoms with E-state index in [1.54, 1.807) is 6.08 Å². The van der Waals surface area contributed by atoms with Gasteiger partial charge in [0.15, 0.2) is 0 Å². The van der Waals surface area contributed by atoms with Crippen molar-refractivity contribution >= 4 is 11.8 Å². The van der Waals surface area contributed by atoms with Crippen LogP contribution in [0.15, 0.2) is 29.8 Å². The number of nitrogens with zero attached hydrogens (tertiary/aromatic N) is 3. The lowest BCUT2D eigenvalue weighted by atomic mass is 10.1. The Hall–Kier alpha value is -2.26. The van der Waals surface area contributed by atoms with Crippen molar-refractivity contribution in [2.24, 2.45) is 0 Å². The van der Waals surface area contributed by atoms with Crippen LogP contribution in [0.5, 0.6) is 0 Å². The predicted octanol–water partition coefficient (Wildman–Crippen LogP) is 2.33. The third-order valence-electron chi connectivity index (χ3n) is 2.64. The second-order valence-electron chi connectivity index (χ2n) is 3.72. The van der Waals surface area contributed by atoms with Crippen molar-refractivity contribution in [2.45, 2.75) is 6.42 Å². The molecule has 0 unspecified atom stereocenters. The molecule has 78 valence electrons. The maximum Gasteiger partial charge on any atom is 0.130 e. The van der Waals surface area contributed by atoms with Crippen LogP contribution < -0.4 is 4.90 Å². The summed E-state index contributed by atoms with van der Waals surface area (Å²) >= 11 is 0. The first-order valence-corrected chi connectivity index (χ1v) is 5.20. The van der Waals surface area contributed by atoms with Gasteiger partial charge in [-0.2, -0.15) is 10.5 Å². The molecule has 0 atom stereocenters. The second kappa shape index (κ2) is 4.51. The topological polar surface area (TPSA) is 50.8 Å². The summed E-state index contributed by atoms with van der Waals surface area (Å²) in [6, 6.07) is 11.6. The SMILES string of the molecule is N#CC(C#N)=Cc1cccc(N2CCC2)c1. The summed E-state index contributed by atoms with van der Waals surface area (Å²) in [6.45, 7) is 2.19. The fraction of sp³-hybridized carbons (Fsp3) is 0.231. The Morgan fingerprint density at radius 2 is 2.00 bits per heavy atom. The van der Waals surface area contributed by atoms with Crippen LogP contribution in [0, 0.1) is 22.7 Å². The standard InChI is InChI=1S/C13H11N3/c14-9-12(10-15)7-11-3-1-4-13(8-11)16-5-2-6-16/h1,3-4,7-8H,2,5-6H2. The van der Waals surface area contributed by atoms with Crippen LogP contribution >= 0.6 is 0 Å². The van der Waals surface area contributed by atoms with E-state index in [0.29, 0.717) is 0 Å². The Kier molecular flexibility index (Phi) is 2.89. The molecule has 0 aliphatic carbocycles. The highest BCUT2D eigenvalue weighted by molar-refractivity contribution is 5.65. The van der Waals surface area contributed by atoms with Gasteiger partial charge in [0.2, 0.25) is 0 Å². The zero-order valence-corrected chi connectivity index (χ0v) is 8.85. The van der Waals surface area contributed by atoms with E-state index in [0.717, 1.165) is 24.3 Å². The van der Waals surface area contributed by atoms with Crippen molar-refractivity contribution in [3.63, 3.8) is 0 Å². The predicted molar refractivity (Wildman–Crippen MR) is 62.5 cm³/mol. The Morgan fingerprint density at radius 1 is 1.25 bits per heavy atom. The van der Waals surface area contributed by atoms with E-state index < -0.39 is 0 Å². The Labute approximate surface area is 94.8 Å². The number of allylic oxidation sites excluding steroid dienone is 1. The average molecular weight is 209 g/mol. The summed E-state index contributed by atoms with van der Waals surface area (Å²) in [6.07, 6.45) is 2.85. The van der Waals surface area contributed by atoms with E-state index in [2.05, 4.69) is 11.0 Å². The van der Waals surface area contributed by atoms with Crippen LogP contribution in [-0.2, 0) is 0 Å². The molecule has 0 radical (unpaired) electrons. The van der Waals surface area contributed by atoms with Gasteiger partial charge in [-0.1, -0.05) is 12.1 Å². The monoisotopic (exact) mass is 209 g/mol. The highest BCUT2D eigenvalue weighted by Gasteiger charge is 2.13. The molecule has 1 aliphatic rings. The van der Waals surface area contributed by atoms with Crippen molar-refractivity contribution in [3.05, 3.63) is 35.4 Å². The summed E-state index contributed by atoms with van der Waals surface area (Å²) in [5, 5.41) is 17.3. The molecule has 0 aromatic heterocycles. The normalized spacial score (nSPS) is 13.2. The molecule has 0 spiro atoms. The summed E-state index contributed by atoms with van der Waals surface area (Å²) in [7, 11) is 0. The molecule has 1 aliphatic heterocycles. The summed E-state index contributed by atoms with van der Waals surface area (Å²) in [5.74, 6) is 0. The first-order valence-electron chi connectivity index (χ1n) is 5.20. The third kappa shape index (κ3) is 2.04. The maximum absolute atomic E-state index is 8.67. The van der Waals surface area contributed by atoms with Crippen LogP contribution in [0.25, 0.3) is 6.08 Å². The minimum absolute atomic E-state index is 0.140. The van der Waals surface area contributed by atoms with Crippen LogP contribution in [0.2, 0.25) is 0 Å². The molecule has 1 saturated heterocycles. The van der Waals surface area contributed by atoms with Gasteiger partial charge in [0.25, 0.3) is 0 Å². The van der Waals surface area contributed by atoms with Crippen molar-refractivity contribution in [3.8, 4) is 12.1 Å². The van der Waals surface area contributed by atoms with Gasteiger partial charge < -0.3 is 4.90 Å². The van der Waals surface area contributed by atoms with Gasteiger partial charge in [0.05, 0.1) is 0 Å². The highest BCUT2D eigenvalue weighted by atomic mass is 15.2. The van der Waals surface area contributed by atoms with E-state index in [9.17, 15) is 0 Å². The Balaban J connectivity index is 2.26. The number of hydrogen-bond acceptors (Lipinski definition) is 3. The van der Waals surface area contributed by atoms with E-state index in [4.69, 9.17) is 10.5 Å². The maximum atomic E-state index is 8.67. The molecule has 1 fully saturated rings. The summed E-state index contributed by atoms with van der Waals surface area (Å²) in [4.78, 5) is 2.27. The Bertz CT molecular complexity index is 483.